The van der Waals surface area contributed by atoms with Gasteiger partial charge in [-0.1, -0.05) is 11.6 Å². The van der Waals surface area contributed by atoms with Crippen molar-refractivity contribution in [3.63, 3.8) is 0 Å². The number of alkyl carbamates (subject to hydrolysis) is 1. The number of methoxy groups -OCH3 is 1. The quantitative estimate of drug-likeness (QED) is 0.439. The number of benzene rings is 1. The van der Waals surface area contributed by atoms with E-state index in [9.17, 15) is 9.59 Å². The summed E-state index contributed by atoms with van der Waals surface area (Å²) in [5.41, 5.74) is -0.148. The molecule has 26 heavy (non-hydrogen) atoms. The van der Waals surface area contributed by atoms with Crippen LogP contribution in [0.1, 0.15) is 44.0 Å². The Kier molecular flexibility index (Phi) is 9.39. The fraction of sp³-hybridized carbons (Fsp3) is 0.556. The fourth-order valence-corrected chi connectivity index (χ4v) is 3.05. The highest BCUT2D eigenvalue weighted by Crippen LogP contribution is 2.30. The minimum absolute atomic E-state index is 0.199. The fourth-order valence-electron chi connectivity index (χ4n) is 2.18. The zero-order valence-corrected chi connectivity index (χ0v) is 17.8. The van der Waals surface area contributed by atoms with Crippen molar-refractivity contribution in [1.29, 1.82) is 0 Å². The molecule has 8 heteroatoms. The first kappa shape index (κ1) is 22.7. The molecule has 0 fully saturated rings. The number of nitrogens with one attached hydrogen (secondary N) is 1. The third-order valence-electron chi connectivity index (χ3n) is 3.22. The summed E-state index contributed by atoms with van der Waals surface area (Å²) in [5, 5.41) is 3.26. The number of carbonyl (C=O) groups excluding carboxylic acids is 2. The van der Waals surface area contributed by atoms with E-state index in [1.807, 2.05) is 0 Å². The van der Waals surface area contributed by atoms with Crippen molar-refractivity contribution in [2.75, 3.05) is 20.3 Å². The first-order valence-corrected chi connectivity index (χ1v) is 9.39. The molecule has 0 radical (unpaired) electrons. The number of carbonyl (C=O) groups is 2. The Morgan fingerprint density at radius 1 is 1.38 bits per heavy atom. The lowest BCUT2D eigenvalue weighted by molar-refractivity contribution is 0.0461. The van der Waals surface area contributed by atoms with Crippen molar-refractivity contribution in [3.8, 4) is 5.75 Å². The molecule has 0 aliphatic carbocycles. The maximum absolute atomic E-state index is 11.9. The van der Waals surface area contributed by atoms with Gasteiger partial charge >= 0.3 is 6.09 Å². The Morgan fingerprint density at radius 3 is 2.65 bits per heavy atom. The Morgan fingerprint density at radius 2 is 2.08 bits per heavy atom. The van der Waals surface area contributed by atoms with Crippen molar-refractivity contribution in [1.82, 2.24) is 5.32 Å². The lowest BCUT2D eigenvalue weighted by Crippen LogP contribution is -2.41. The number of ether oxygens (including phenoxy) is 3. The predicted molar refractivity (Wildman–Crippen MR) is 104 cm³/mol. The van der Waals surface area contributed by atoms with Crippen LogP contribution < -0.4 is 10.1 Å². The summed E-state index contributed by atoms with van der Waals surface area (Å²) in [6.45, 7) is 6.14. The first-order chi connectivity index (χ1) is 12.2. The second kappa shape index (κ2) is 10.7. The highest BCUT2D eigenvalue weighted by atomic mass is 79.9. The number of amides is 1. The minimum Gasteiger partial charge on any atom is -0.493 e. The second-order valence-electron chi connectivity index (χ2n) is 6.71. The Bertz CT molecular complexity index is 618. The molecule has 0 unspecified atom stereocenters. The standard InChI is InChI=1S/C18H25BrClNO5/c1-18(2,3)26-17(23)21-13(11-24-4)6-5-7-25-16-9-12(20)8-15(19)14(16)10-22/h8-10,13H,5-7,11H2,1-4H3,(H,21,23)/t13-/m1/s1. The molecular formula is C18H25BrClNO5. The van der Waals surface area contributed by atoms with Crippen LogP contribution in [0.3, 0.4) is 0 Å². The van der Waals surface area contributed by atoms with Gasteiger partial charge in [0.15, 0.2) is 6.29 Å². The van der Waals surface area contributed by atoms with Gasteiger partial charge in [0.25, 0.3) is 0 Å². The van der Waals surface area contributed by atoms with Crippen molar-refractivity contribution in [3.05, 3.63) is 27.2 Å². The lowest BCUT2D eigenvalue weighted by Gasteiger charge is -2.23. The Balaban J connectivity index is 2.53. The number of hydrogen-bond acceptors (Lipinski definition) is 5. The van der Waals surface area contributed by atoms with Gasteiger partial charge in [0.1, 0.15) is 11.4 Å². The molecule has 1 amide bonds. The van der Waals surface area contributed by atoms with Crippen LogP contribution in [0.15, 0.2) is 16.6 Å². The van der Waals surface area contributed by atoms with E-state index in [4.69, 9.17) is 25.8 Å². The monoisotopic (exact) mass is 449 g/mol. The molecule has 6 nitrogen and oxygen atoms in total. The average Bonchev–Trinajstić information content (AvgIpc) is 2.49. The molecule has 0 aromatic heterocycles. The van der Waals surface area contributed by atoms with E-state index < -0.39 is 11.7 Å². The van der Waals surface area contributed by atoms with E-state index in [-0.39, 0.29) is 6.04 Å². The molecule has 0 aliphatic heterocycles. The predicted octanol–water partition coefficient (Wildman–Crippen LogP) is 4.61. The molecule has 0 saturated heterocycles. The summed E-state index contributed by atoms with van der Waals surface area (Å²) in [4.78, 5) is 23.1. The maximum atomic E-state index is 11.9. The molecule has 0 aliphatic rings. The van der Waals surface area contributed by atoms with Crippen LogP contribution >= 0.6 is 27.5 Å². The molecule has 0 spiro atoms. The zero-order chi connectivity index (χ0) is 19.7. The van der Waals surface area contributed by atoms with E-state index >= 15 is 0 Å². The van der Waals surface area contributed by atoms with Gasteiger partial charge in [0.2, 0.25) is 0 Å². The van der Waals surface area contributed by atoms with Gasteiger partial charge in [-0.25, -0.2) is 4.79 Å². The average molecular weight is 451 g/mol. The van der Waals surface area contributed by atoms with Crippen LogP contribution in [0.5, 0.6) is 5.75 Å². The van der Waals surface area contributed by atoms with E-state index in [2.05, 4.69) is 21.2 Å². The van der Waals surface area contributed by atoms with Crippen LogP contribution in [0.4, 0.5) is 4.79 Å². The molecular weight excluding hydrogens is 426 g/mol. The van der Waals surface area contributed by atoms with E-state index in [1.54, 1.807) is 40.0 Å². The minimum atomic E-state index is -0.560. The van der Waals surface area contributed by atoms with Gasteiger partial charge in [-0.3, -0.25) is 4.79 Å². The molecule has 0 bridgehead atoms. The third-order valence-corrected chi connectivity index (χ3v) is 4.09. The summed E-state index contributed by atoms with van der Waals surface area (Å²) in [7, 11) is 1.57. The molecule has 0 saturated carbocycles. The van der Waals surface area contributed by atoms with Gasteiger partial charge in [-0.2, -0.15) is 0 Å². The Hall–Kier alpha value is -1.31. The highest BCUT2D eigenvalue weighted by Gasteiger charge is 2.19. The topological polar surface area (TPSA) is 73.9 Å². The van der Waals surface area contributed by atoms with Crippen molar-refractivity contribution >= 4 is 39.9 Å². The molecule has 1 rings (SSSR count). The van der Waals surface area contributed by atoms with E-state index in [0.717, 1.165) is 0 Å². The highest BCUT2D eigenvalue weighted by molar-refractivity contribution is 9.10. The number of aldehydes is 1. The third kappa shape index (κ3) is 8.38. The second-order valence-corrected chi connectivity index (χ2v) is 8.00. The van der Waals surface area contributed by atoms with Gasteiger partial charge in [0, 0.05) is 16.6 Å². The first-order valence-electron chi connectivity index (χ1n) is 8.21. The summed E-state index contributed by atoms with van der Waals surface area (Å²) in [5.74, 6) is 0.419. The SMILES string of the molecule is COC[C@@H](CCCOc1cc(Cl)cc(Br)c1C=O)NC(=O)OC(C)(C)C. The van der Waals surface area contributed by atoms with Crippen LogP contribution in [0.25, 0.3) is 0 Å². The van der Waals surface area contributed by atoms with Gasteiger partial charge in [-0.05, 0) is 61.7 Å². The van der Waals surface area contributed by atoms with Crippen molar-refractivity contribution in [2.24, 2.45) is 0 Å². The van der Waals surface area contributed by atoms with Gasteiger partial charge < -0.3 is 19.5 Å². The maximum Gasteiger partial charge on any atom is 0.407 e. The Labute approximate surface area is 167 Å². The number of hydrogen-bond donors (Lipinski definition) is 1. The smallest absolute Gasteiger partial charge is 0.407 e. The van der Waals surface area contributed by atoms with E-state index in [1.165, 1.54) is 0 Å². The van der Waals surface area contributed by atoms with Gasteiger partial charge in [0.05, 0.1) is 24.8 Å². The van der Waals surface area contributed by atoms with Crippen LogP contribution in [-0.4, -0.2) is 44.3 Å². The molecule has 1 aromatic rings. The van der Waals surface area contributed by atoms with Gasteiger partial charge in [-0.15, -0.1) is 0 Å². The zero-order valence-electron chi connectivity index (χ0n) is 15.4. The molecule has 146 valence electrons. The molecule has 0 heterocycles. The van der Waals surface area contributed by atoms with E-state index in [0.29, 0.717) is 53.1 Å². The molecule has 1 N–H and O–H groups in total. The van der Waals surface area contributed by atoms with Crippen molar-refractivity contribution < 1.29 is 23.8 Å². The van der Waals surface area contributed by atoms with Crippen LogP contribution in [0.2, 0.25) is 5.02 Å². The summed E-state index contributed by atoms with van der Waals surface area (Å²) >= 11 is 9.28. The largest absolute Gasteiger partial charge is 0.493 e. The summed E-state index contributed by atoms with van der Waals surface area (Å²) in [6.07, 6.45) is 1.51. The normalized spacial score (nSPS) is 12.4. The van der Waals surface area contributed by atoms with Crippen LogP contribution in [-0.2, 0) is 9.47 Å². The number of rotatable bonds is 9. The number of halogens is 2. The lowest BCUT2D eigenvalue weighted by atomic mass is 10.1. The van der Waals surface area contributed by atoms with Crippen molar-refractivity contribution in [2.45, 2.75) is 45.3 Å². The van der Waals surface area contributed by atoms with Crippen LogP contribution in [0, 0.1) is 0 Å². The summed E-state index contributed by atoms with van der Waals surface area (Å²) in [6, 6.07) is 3.04. The molecule has 1 aromatic carbocycles. The summed E-state index contributed by atoms with van der Waals surface area (Å²) < 4.78 is 16.6. The molecule has 1 atom stereocenters.